The number of tetrazole rings is 1. The van der Waals surface area contributed by atoms with E-state index in [1.54, 1.807) is 32.3 Å². The Morgan fingerprint density at radius 2 is 2.16 bits per heavy atom. The molecule has 0 aromatic carbocycles. The Morgan fingerprint density at radius 1 is 1.40 bits per heavy atom. The standard InChI is InChI=1S/C14H17F3N6OS/c1-9(2)11(12(24)19-7-10-4-3-5-18-6-10)25-13-20-21-22-23(13)8-14(15,16)17/h3-6,9,11H,7-8H2,1-2H3,(H,19,24). The fourth-order valence-corrected chi connectivity index (χ4v) is 2.94. The summed E-state index contributed by atoms with van der Waals surface area (Å²) in [7, 11) is 0. The topological polar surface area (TPSA) is 85.6 Å². The van der Waals surface area contributed by atoms with Gasteiger partial charge in [-0.2, -0.15) is 13.2 Å². The number of nitrogens with one attached hydrogen (secondary N) is 1. The lowest BCUT2D eigenvalue weighted by Crippen LogP contribution is -2.35. The summed E-state index contributed by atoms with van der Waals surface area (Å²) >= 11 is 0.913. The van der Waals surface area contributed by atoms with Crippen LogP contribution in [0.15, 0.2) is 29.7 Å². The first-order chi connectivity index (χ1) is 11.8. The van der Waals surface area contributed by atoms with Crippen molar-refractivity contribution in [1.82, 2.24) is 30.5 Å². The van der Waals surface area contributed by atoms with Gasteiger partial charge in [0.2, 0.25) is 11.1 Å². The normalized spacial score (nSPS) is 13.0. The average molecular weight is 374 g/mol. The van der Waals surface area contributed by atoms with Crippen LogP contribution in [0.5, 0.6) is 0 Å². The first kappa shape index (κ1) is 19.2. The molecule has 7 nitrogen and oxygen atoms in total. The summed E-state index contributed by atoms with van der Waals surface area (Å²) in [6, 6.07) is 3.57. The van der Waals surface area contributed by atoms with Gasteiger partial charge in [-0.05, 0) is 28.0 Å². The second kappa shape index (κ2) is 8.28. The number of nitrogens with zero attached hydrogens (tertiary/aromatic N) is 5. The fraction of sp³-hybridized carbons (Fsp3) is 0.500. The lowest BCUT2D eigenvalue weighted by atomic mass is 10.1. The third-order valence-electron chi connectivity index (χ3n) is 3.11. The second-order valence-corrected chi connectivity index (χ2v) is 6.70. The first-order valence-corrected chi connectivity index (χ1v) is 8.30. The van der Waals surface area contributed by atoms with Gasteiger partial charge in [-0.3, -0.25) is 9.78 Å². The number of hydrogen-bond acceptors (Lipinski definition) is 6. The number of hydrogen-bond donors (Lipinski definition) is 1. The quantitative estimate of drug-likeness (QED) is 0.747. The zero-order valence-corrected chi connectivity index (χ0v) is 14.4. The summed E-state index contributed by atoms with van der Waals surface area (Å²) in [4.78, 5) is 16.4. The molecule has 1 amide bonds. The van der Waals surface area contributed by atoms with Gasteiger partial charge in [0.1, 0.15) is 6.54 Å². The van der Waals surface area contributed by atoms with E-state index in [1.807, 2.05) is 6.07 Å². The molecule has 2 aromatic rings. The van der Waals surface area contributed by atoms with Gasteiger partial charge in [-0.15, -0.1) is 5.10 Å². The summed E-state index contributed by atoms with van der Waals surface area (Å²) in [6.07, 6.45) is -1.19. The molecule has 0 bridgehead atoms. The van der Waals surface area contributed by atoms with Crippen LogP contribution >= 0.6 is 11.8 Å². The highest BCUT2D eigenvalue weighted by Crippen LogP contribution is 2.28. The number of rotatable bonds is 7. The number of carbonyl (C=O) groups excluding carboxylic acids is 1. The van der Waals surface area contributed by atoms with Crippen LogP contribution in [-0.4, -0.2) is 42.5 Å². The molecule has 136 valence electrons. The number of pyridine rings is 1. The van der Waals surface area contributed by atoms with Gasteiger partial charge in [-0.1, -0.05) is 31.7 Å². The third-order valence-corrected chi connectivity index (χ3v) is 4.63. The Morgan fingerprint density at radius 3 is 2.76 bits per heavy atom. The molecule has 0 spiro atoms. The molecule has 0 aliphatic heterocycles. The lowest BCUT2D eigenvalue weighted by Gasteiger charge is -2.19. The molecule has 2 rings (SSSR count). The molecule has 1 unspecified atom stereocenters. The molecule has 0 radical (unpaired) electrons. The summed E-state index contributed by atoms with van der Waals surface area (Å²) in [5, 5.41) is 12.3. The Kier molecular flexibility index (Phi) is 6.34. The van der Waals surface area contributed by atoms with Crippen molar-refractivity contribution in [2.75, 3.05) is 0 Å². The van der Waals surface area contributed by atoms with E-state index < -0.39 is 18.0 Å². The number of carbonyl (C=O) groups is 1. The molecule has 0 aliphatic carbocycles. The SMILES string of the molecule is CC(C)C(Sc1nnnn1CC(F)(F)F)C(=O)NCc1cccnc1. The average Bonchev–Trinajstić information content (AvgIpc) is 2.96. The van der Waals surface area contributed by atoms with Crippen molar-refractivity contribution in [3.05, 3.63) is 30.1 Å². The molecule has 0 saturated carbocycles. The van der Waals surface area contributed by atoms with Crippen molar-refractivity contribution in [1.29, 1.82) is 0 Å². The zero-order chi connectivity index (χ0) is 18.4. The molecule has 11 heteroatoms. The Bertz CT molecular complexity index is 691. The minimum Gasteiger partial charge on any atom is -0.351 e. The maximum Gasteiger partial charge on any atom is 0.408 e. The van der Waals surface area contributed by atoms with Crippen molar-refractivity contribution in [2.45, 2.75) is 43.5 Å². The lowest BCUT2D eigenvalue weighted by molar-refractivity contribution is -0.144. The minimum absolute atomic E-state index is 0.0486. The van der Waals surface area contributed by atoms with Crippen LogP contribution in [0, 0.1) is 5.92 Å². The zero-order valence-electron chi connectivity index (χ0n) is 13.6. The van der Waals surface area contributed by atoms with Gasteiger partial charge in [0.15, 0.2) is 0 Å². The highest BCUT2D eigenvalue weighted by molar-refractivity contribution is 8.00. The molecular formula is C14H17F3N6OS. The maximum absolute atomic E-state index is 12.6. The summed E-state index contributed by atoms with van der Waals surface area (Å²) in [5.41, 5.74) is 0.824. The highest BCUT2D eigenvalue weighted by Gasteiger charge is 2.32. The van der Waals surface area contributed by atoms with E-state index in [2.05, 4.69) is 25.8 Å². The second-order valence-electron chi connectivity index (χ2n) is 5.60. The van der Waals surface area contributed by atoms with E-state index in [4.69, 9.17) is 0 Å². The summed E-state index contributed by atoms with van der Waals surface area (Å²) < 4.78 is 38.3. The largest absolute Gasteiger partial charge is 0.408 e. The smallest absolute Gasteiger partial charge is 0.351 e. The molecule has 0 saturated heterocycles. The van der Waals surface area contributed by atoms with Crippen molar-refractivity contribution in [3.8, 4) is 0 Å². The Balaban J connectivity index is 2.03. The van der Waals surface area contributed by atoms with Gasteiger partial charge in [0.25, 0.3) is 0 Å². The summed E-state index contributed by atoms with van der Waals surface area (Å²) in [6.45, 7) is 2.59. The van der Waals surface area contributed by atoms with Crippen LogP contribution in [0.1, 0.15) is 19.4 Å². The Labute approximate surface area is 146 Å². The van der Waals surface area contributed by atoms with Crippen LogP contribution in [0.4, 0.5) is 13.2 Å². The van der Waals surface area contributed by atoms with E-state index in [1.165, 1.54) is 0 Å². The molecule has 0 fully saturated rings. The number of aromatic nitrogens is 5. The van der Waals surface area contributed by atoms with E-state index in [9.17, 15) is 18.0 Å². The van der Waals surface area contributed by atoms with Crippen molar-refractivity contribution < 1.29 is 18.0 Å². The van der Waals surface area contributed by atoms with Gasteiger partial charge >= 0.3 is 6.18 Å². The molecular weight excluding hydrogens is 357 g/mol. The van der Waals surface area contributed by atoms with E-state index >= 15 is 0 Å². The van der Waals surface area contributed by atoms with Crippen LogP contribution in [0.3, 0.4) is 0 Å². The molecule has 1 N–H and O–H groups in total. The number of amides is 1. The summed E-state index contributed by atoms with van der Waals surface area (Å²) in [5.74, 6) is -0.430. The first-order valence-electron chi connectivity index (χ1n) is 7.42. The van der Waals surface area contributed by atoms with Crippen LogP contribution in [-0.2, 0) is 17.9 Å². The molecule has 1 atom stereocenters. The number of thioether (sulfide) groups is 1. The molecule has 2 heterocycles. The van der Waals surface area contributed by atoms with Gasteiger partial charge in [0, 0.05) is 18.9 Å². The van der Waals surface area contributed by atoms with Gasteiger partial charge < -0.3 is 5.32 Å². The monoisotopic (exact) mass is 374 g/mol. The predicted molar refractivity (Wildman–Crippen MR) is 84.4 cm³/mol. The van der Waals surface area contributed by atoms with Gasteiger partial charge in [-0.25, -0.2) is 4.68 Å². The van der Waals surface area contributed by atoms with Gasteiger partial charge in [0.05, 0.1) is 5.25 Å². The molecule has 2 aromatic heterocycles. The van der Waals surface area contributed by atoms with Crippen molar-refractivity contribution in [2.24, 2.45) is 5.92 Å². The van der Waals surface area contributed by atoms with E-state index in [0.717, 1.165) is 17.3 Å². The van der Waals surface area contributed by atoms with E-state index in [-0.39, 0.29) is 23.5 Å². The van der Waals surface area contributed by atoms with Crippen LogP contribution in [0.2, 0.25) is 0 Å². The van der Waals surface area contributed by atoms with Crippen molar-refractivity contribution in [3.63, 3.8) is 0 Å². The third kappa shape index (κ3) is 6.00. The number of alkyl halides is 3. The molecule has 0 aliphatic rings. The van der Waals surface area contributed by atoms with Crippen LogP contribution in [0.25, 0.3) is 0 Å². The maximum atomic E-state index is 12.6. The predicted octanol–water partition coefficient (Wildman–Crippen LogP) is 2.06. The minimum atomic E-state index is -4.44. The highest BCUT2D eigenvalue weighted by atomic mass is 32.2. The van der Waals surface area contributed by atoms with Crippen molar-refractivity contribution >= 4 is 17.7 Å². The Hall–Kier alpha value is -2.17. The molecule has 25 heavy (non-hydrogen) atoms. The van der Waals surface area contributed by atoms with Crippen LogP contribution < -0.4 is 5.32 Å². The van der Waals surface area contributed by atoms with E-state index in [0.29, 0.717) is 4.68 Å². The number of halogens is 3. The fourth-order valence-electron chi connectivity index (χ4n) is 1.95.